The second kappa shape index (κ2) is 9.15. The molecule has 23 heavy (non-hydrogen) atoms. The molecule has 0 aromatic heterocycles. The van der Waals surface area contributed by atoms with Crippen LogP contribution in [0.1, 0.15) is 39.2 Å². The second-order valence-corrected chi connectivity index (χ2v) is 6.20. The number of hydrogen-bond donors (Lipinski definition) is 2. The zero-order valence-corrected chi connectivity index (χ0v) is 14.3. The number of carbonyl (C=O) groups excluding carboxylic acids is 1. The molecule has 1 aromatic rings. The Balaban J connectivity index is 2.22. The molecule has 0 bridgehead atoms. The lowest BCUT2D eigenvalue weighted by Gasteiger charge is -2.21. The predicted octanol–water partition coefficient (Wildman–Crippen LogP) is 2.70. The number of ether oxygens (including phenoxy) is 2. The van der Waals surface area contributed by atoms with Crippen molar-refractivity contribution in [3.8, 4) is 5.75 Å². The molecule has 0 aliphatic carbocycles. The van der Waals surface area contributed by atoms with Crippen molar-refractivity contribution in [1.29, 1.82) is 0 Å². The summed E-state index contributed by atoms with van der Waals surface area (Å²) < 4.78 is 10.2. The fraction of sp³-hybridized carbons (Fsp3) is 0.529. The maximum absolute atomic E-state index is 11.5. The van der Waals surface area contributed by atoms with Crippen molar-refractivity contribution < 1.29 is 14.3 Å². The van der Waals surface area contributed by atoms with Gasteiger partial charge in [0.25, 0.3) is 0 Å². The third kappa shape index (κ3) is 8.83. The van der Waals surface area contributed by atoms with E-state index in [-0.39, 0.29) is 0 Å². The van der Waals surface area contributed by atoms with Gasteiger partial charge in [-0.3, -0.25) is 4.99 Å². The Morgan fingerprint density at radius 3 is 2.57 bits per heavy atom. The van der Waals surface area contributed by atoms with Crippen LogP contribution in [0, 0.1) is 0 Å². The van der Waals surface area contributed by atoms with E-state index in [2.05, 4.69) is 10.3 Å². The van der Waals surface area contributed by atoms with Crippen LogP contribution in [-0.4, -0.2) is 37.7 Å². The Morgan fingerprint density at radius 1 is 1.35 bits per heavy atom. The minimum Gasteiger partial charge on any atom is -0.497 e. The average Bonchev–Trinajstić information content (AvgIpc) is 2.45. The first kappa shape index (κ1) is 19.0. The number of rotatable bonds is 7. The topological polar surface area (TPSA) is 85.9 Å². The molecular formula is C17H27N3O3. The molecule has 0 aliphatic heterocycles. The lowest BCUT2D eigenvalue weighted by Crippen LogP contribution is -2.44. The van der Waals surface area contributed by atoms with Gasteiger partial charge in [-0.25, -0.2) is 4.79 Å². The Labute approximate surface area is 138 Å². The number of nitrogens with zero attached hydrogens (tertiary/aromatic N) is 1. The number of aliphatic imine (C=N–C) groups is 1. The van der Waals surface area contributed by atoms with Crippen LogP contribution < -0.4 is 15.8 Å². The van der Waals surface area contributed by atoms with Crippen LogP contribution >= 0.6 is 0 Å². The standard InChI is InChI=1S/C17H27N3O3/c1-17(2,3)23-16(21)20-15(18)6-5-11-19-12-13-7-9-14(22-4)10-8-13/h7-10,12,15H,5-6,11,18H2,1-4H3,(H,20,21). The number of nitrogens with one attached hydrogen (secondary N) is 1. The van der Waals surface area contributed by atoms with Crippen molar-refractivity contribution in [2.75, 3.05) is 13.7 Å². The fourth-order valence-electron chi connectivity index (χ4n) is 1.79. The first-order valence-corrected chi connectivity index (χ1v) is 7.69. The monoisotopic (exact) mass is 321 g/mol. The third-order valence-corrected chi connectivity index (χ3v) is 2.86. The van der Waals surface area contributed by atoms with Crippen LogP contribution in [0.5, 0.6) is 5.75 Å². The molecule has 0 spiro atoms. The summed E-state index contributed by atoms with van der Waals surface area (Å²) in [5.74, 6) is 0.821. The van der Waals surface area contributed by atoms with E-state index in [0.717, 1.165) is 17.7 Å². The number of methoxy groups -OCH3 is 1. The van der Waals surface area contributed by atoms with Crippen molar-refractivity contribution in [3.05, 3.63) is 29.8 Å². The molecule has 3 N–H and O–H groups in total. The first-order chi connectivity index (χ1) is 10.8. The first-order valence-electron chi connectivity index (χ1n) is 7.69. The van der Waals surface area contributed by atoms with Crippen LogP contribution in [0.25, 0.3) is 0 Å². The molecule has 0 saturated heterocycles. The molecule has 1 atom stereocenters. The van der Waals surface area contributed by atoms with E-state index in [9.17, 15) is 4.79 Å². The van der Waals surface area contributed by atoms with Gasteiger partial charge in [0.1, 0.15) is 11.4 Å². The van der Waals surface area contributed by atoms with Crippen LogP contribution in [-0.2, 0) is 4.74 Å². The fourth-order valence-corrected chi connectivity index (χ4v) is 1.79. The molecule has 0 fully saturated rings. The van der Waals surface area contributed by atoms with Gasteiger partial charge in [-0.2, -0.15) is 0 Å². The quantitative estimate of drug-likeness (QED) is 0.459. The second-order valence-electron chi connectivity index (χ2n) is 6.20. The van der Waals surface area contributed by atoms with Gasteiger partial charge >= 0.3 is 6.09 Å². The van der Waals surface area contributed by atoms with Crippen molar-refractivity contribution in [3.63, 3.8) is 0 Å². The number of alkyl carbamates (subject to hydrolysis) is 1. The summed E-state index contributed by atoms with van der Waals surface area (Å²) in [5, 5.41) is 2.61. The van der Waals surface area contributed by atoms with E-state index in [0.29, 0.717) is 13.0 Å². The number of amides is 1. The van der Waals surface area contributed by atoms with E-state index in [1.54, 1.807) is 7.11 Å². The number of carbonyl (C=O) groups is 1. The van der Waals surface area contributed by atoms with E-state index >= 15 is 0 Å². The zero-order chi connectivity index (χ0) is 17.3. The van der Waals surface area contributed by atoms with Gasteiger partial charge in [0.15, 0.2) is 0 Å². The molecule has 6 heteroatoms. The largest absolute Gasteiger partial charge is 0.497 e. The van der Waals surface area contributed by atoms with Crippen molar-refractivity contribution in [1.82, 2.24) is 5.32 Å². The molecule has 0 aliphatic rings. The van der Waals surface area contributed by atoms with Gasteiger partial charge in [-0.1, -0.05) is 0 Å². The summed E-state index contributed by atoms with van der Waals surface area (Å²) in [6, 6.07) is 7.67. The van der Waals surface area contributed by atoms with E-state index in [4.69, 9.17) is 15.2 Å². The van der Waals surface area contributed by atoms with E-state index in [1.807, 2.05) is 51.3 Å². The van der Waals surface area contributed by atoms with E-state index in [1.165, 1.54) is 0 Å². The van der Waals surface area contributed by atoms with Crippen LogP contribution in [0.4, 0.5) is 4.79 Å². The zero-order valence-electron chi connectivity index (χ0n) is 14.3. The van der Waals surface area contributed by atoms with Crippen molar-refractivity contribution in [2.24, 2.45) is 10.7 Å². The molecule has 1 rings (SSSR count). The molecule has 1 unspecified atom stereocenters. The minimum atomic E-state index is -0.521. The molecule has 1 amide bonds. The lowest BCUT2D eigenvalue weighted by molar-refractivity contribution is 0.0503. The van der Waals surface area contributed by atoms with Gasteiger partial charge in [0.2, 0.25) is 0 Å². The Hall–Kier alpha value is -2.08. The normalized spacial score (nSPS) is 12.9. The summed E-state index contributed by atoms with van der Waals surface area (Å²) >= 11 is 0. The van der Waals surface area contributed by atoms with Gasteiger partial charge in [-0.05, 0) is 63.4 Å². The van der Waals surface area contributed by atoms with Crippen LogP contribution in [0.15, 0.2) is 29.3 Å². The summed E-state index contributed by atoms with van der Waals surface area (Å²) in [5.41, 5.74) is 6.34. The number of nitrogens with two attached hydrogens (primary N) is 1. The molecule has 0 saturated carbocycles. The molecular weight excluding hydrogens is 294 g/mol. The highest BCUT2D eigenvalue weighted by Gasteiger charge is 2.17. The molecule has 6 nitrogen and oxygen atoms in total. The Kier molecular flexibility index (Phi) is 7.54. The van der Waals surface area contributed by atoms with E-state index < -0.39 is 17.9 Å². The highest BCUT2D eigenvalue weighted by Crippen LogP contribution is 2.10. The summed E-state index contributed by atoms with van der Waals surface area (Å²) in [7, 11) is 1.64. The van der Waals surface area contributed by atoms with Crippen molar-refractivity contribution >= 4 is 12.3 Å². The molecule has 0 heterocycles. The average molecular weight is 321 g/mol. The smallest absolute Gasteiger partial charge is 0.408 e. The Bertz CT molecular complexity index is 507. The lowest BCUT2D eigenvalue weighted by atomic mass is 10.2. The maximum Gasteiger partial charge on any atom is 0.408 e. The SMILES string of the molecule is COc1ccc(C=NCCCC(N)NC(=O)OC(C)(C)C)cc1. The summed E-state index contributed by atoms with van der Waals surface area (Å²) in [4.78, 5) is 15.9. The van der Waals surface area contributed by atoms with Crippen LogP contribution in [0.3, 0.4) is 0 Å². The van der Waals surface area contributed by atoms with Gasteiger partial charge < -0.3 is 20.5 Å². The Morgan fingerprint density at radius 2 is 2.00 bits per heavy atom. The van der Waals surface area contributed by atoms with Gasteiger partial charge in [0, 0.05) is 12.8 Å². The van der Waals surface area contributed by atoms with Crippen molar-refractivity contribution in [2.45, 2.75) is 45.4 Å². The highest BCUT2D eigenvalue weighted by molar-refractivity contribution is 5.79. The van der Waals surface area contributed by atoms with Gasteiger partial charge in [0.05, 0.1) is 13.3 Å². The van der Waals surface area contributed by atoms with Crippen LogP contribution in [0.2, 0.25) is 0 Å². The molecule has 128 valence electrons. The number of hydrogen-bond acceptors (Lipinski definition) is 5. The highest BCUT2D eigenvalue weighted by atomic mass is 16.6. The maximum atomic E-state index is 11.5. The summed E-state index contributed by atoms with van der Waals surface area (Å²) in [6.45, 7) is 6.08. The molecule has 1 aromatic carbocycles. The molecule has 0 radical (unpaired) electrons. The predicted molar refractivity (Wildman–Crippen MR) is 92.0 cm³/mol. The van der Waals surface area contributed by atoms with Gasteiger partial charge in [-0.15, -0.1) is 0 Å². The minimum absolute atomic E-state index is 0.430. The summed E-state index contributed by atoms with van der Waals surface area (Å²) in [6.07, 6.45) is 2.31. The number of benzene rings is 1. The third-order valence-electron chi connectivity index (χ3n) is 2.86.